The van der Waals surface area contributed by atoms with Gasteiger partial charge in [-0.15, -0.1) is 0 Å². The van der Waals surface area contributed by atoms with Gasteiger partial charge in [-0.3, -0.25) is 14.4 Å². The van der Waals surface area contributed by atoms with Crippen LogP contribution in [0.15, 0.2) is 24.3 Å². The predicted octanol–water partition coefficient (Wildman–Crippen LogP) is 0.212. The minimum Gasteiger partial charge on any atom is -0.368 e. The highest BCUT2D eigenvalue weighted by atomic mass is 16.2. The number of nitrogens with two attached hydrogens (primary N) is 1. The third-order valence-corrected chi connectivity index (χ3v) is 3.83. The standard InChI is InChI=1S/C16H18N4O3/c1-10(21)19-14(12-6-4-11(9-17)5-7-12)16(23)20-8-2-3-13(20)15(18)22/h4-7,13-14H,2-3,8H2,1H3,(H2,18,22)(H,19,21)/t13-,14?/m0/s1. The molecule has 7 heteroatoms. The molecule has 1 aliphatic rings. The fraction of sp³-hybridized carbons (Fsp3) is 0.375. The van der Waals surface area contributed by atoms with Crippen LogP contribution in [0.4, 0.5) is 0 Å². The molecule has 0 aromatic heterocycles. The summed E-state index contributed by atoms with van der Waals surface area (Å²) in [5, 5.41) is 11.4. The molecular formula is C16H18N4O3. The minimum absolute atomic E-state index is 0.359. The second-order valence-corrected chi connectivity index (χ2v) is 5.46. The number of nitrogens with one attached hydrogen (secondary N) is 1. The van der Waals surface area contributed by atoms with Gasteiger partial charge in [-0.1, -0.05) is 12.1 Å². The first-order valence-corrected chi connectivity index (χ1v) is 7.31. The van der Waals surface area contributed by atoms with Crippen LogP contribution in [-0.4, -0.2) is 35.2 Å². The van der Waals surface area contributed by atoms with E-state index in [1.807, 2.05) is 6.07 Å². The van der Waals surface area contributed by atoms with Crippen molar-refractivity contribution in [3.05, 3.63) is 35.4 Å². The van der Waals surface area contributed by atoms with Gasteiger partial charge in [0.2, 0.25) is 17.7 Å². The van der Waals surface area contributed by atoms with Crippen molar-refractivity contribution in [1.82, 2.24) is 10.2 Å². The number of nitriles is 1. The highest BCUT2D eigenvalue weighted by molar-refractivity contribution is 5.92. The van der Waals surface area contributed by atoms with Crippen LogP contribution in [-0.2, 0) is 14.4 Å². The third kappa shape index (κ3) is 3.66. The van der Waals surface area contributed by atoms with Crippen LogP contribution in [0.5, 0.6) is 0 Å². The van der Waals surface area contributed by atoms with Crippen LogP contribution in [0.3, 0.4) is 0 Å². The van der Waals surface area contributed by atoms with E-state index in [0.717, 1.165) is 0 Å². The van der Waals surface area contributed by atoms with Crippen LogP contribution in [0, 0.1) is 11.3 Å². The second-order valence-electron chi connectivity index (χ2n) is 5.46. The number of carbonyl (C=O) groups excluding carboxylic acids is 3. The first kappa shape index (κ1) is 16.5. The van der Waals surface area contributed by atoms with Crippen molar-refractivity contribution in [2.24, 2.45) is 5.73 Å². The molecule has 1 heterocycles. The first-order chi connectivity index (χ1) is 10.9. The number of likely N-dealkylation sites (tertiary alicyclic amines) is 1. The molecule has 3 amide bonds. The van der Waals surface area contributed by atoms with Gasteiger partial charge in [0.1, 0.15) is 12.1 Å². The van der Waals surface area contributed by atoms with Gasteiger partial charge >= 0.3 is 0 Å². The second kappa shape index (κ2) is 6.92. The number of carbonyl (C=O) groups is 3. The molecule has 3 N–H and O–H groups in total. The highest BCUT2D eigenvalue weighted by Crippen LogP contribution is 2.23. The monoisotopic (exact) mass is 314 g/mol. The summed E-state index contributed by atoms with van der Waals surface area (Å²) in [5.74, 6) is -1.27. The highest BCUT2D eigenvalue weighted by Gasteiger charge is 2.36. The quantitative estimate of drug-likeness (QED) is 0.826. The number of amides is 3. The molecule has 1 unspecified atom stereocenters. The van der Waals surface area contributed by atoms with E-state index >= 15 is 0 Å². The van der Waals surface area contributed by atoms with Crippen LogP contribution in [0.2, 0.25) is 0 Å². The number of rotatable bonds is 4. The number of primary amides is 1. The summed E-state index contributed by atoms with van der Waals surface area (Å²) in [6.45, 7) is 1.75. The number of hydrogen-bond acceptors (Lipinski definition) is 4. The molecule has 1 fully saturated rings. The maximum absolute atomic E-state index is 12.8. The van der Waals surface area contributed by atoms with E-state index < -0.39 is 18.0 Å². The molecule has 1 aliphatic heterocycles. The Morgan fingerprint density at radius 1 is 1.35 bits per heavy atom. The molecule has 23 heavy (non-hydrogen) atoms. The van der Waals surface area contributed by atoms with Gasteiger partial charge < -0.3 is 16.0 Å². The van der Waals surface area contributed by atoms with Gasteiger partial charge in [0.15, 0.2) is 0 Å². The zero-order valence-corrected chi connectivity index (χ0v) is 12.8. The Hall–Kier alpha value is -2.88. The van der Waals surface area contributed by atoms with Crippen LogP contribution < -0.4 is 11.1 Å². The van der Waals surface area contributed by atoms with E-state index in [4.69, 9.17) is 11.0 Å². The molecule has 7 nitrogen and oxygen atoms in total. The fourth-order valence-corrected chi connectivity index (χ4v) is 2.73. The van der Waals surface area contributed by atoms with Crippen molar-refractivity contribution in [2.75, 3.05) is 6.54 Å². The molecular weight excluding hydrogens is 296 g/mol. The zero-order valence-electron chi connectivity index (χ0n) is 12.8. The average Bonchev–Trinajstić information content (AvgIpc) is 3.02. The summed E-state index contributed by atoms with van der Waals surface area (Å²) in [4.78, 5) is 37.2. The van der Waals surface area contributed by atoms with E-state index in [0.29, 0.717) is 30.5 Å². The number of hydrogen-bond donors (Lipinski definition) is 2. The fourth-order valence-electron chi connectivity index (χ4n) is 2.73. The van der Waals surface area contributed by atoms with E-state index in [-0.39, 0.29) is 11.8 Å². The van der Waals surface area contributed by atoms with Crippen LogP contribution in [0.25, 0.3) is 0 Å². The Morgan fingerprint density at radius 3 is 2.52 bits per heavy atom. The Labute approximate surface area is 134 Å². The summed E-state index contributed by atoms with van der Waals surface area (Å²) in [6, 6.07) is 6.84. The lowest BCUT2D eigenvalue weighted by molar-refractivity contribution is -0.140. The average molecular weight is 314 g/mol. The van der Waals surface area contributed by atoms with Crippen molar-refractivity contribution in [3.63, 3.8) is 0 Å². The van der Waals surface area contributed by atoms with Gasteiger partial charge in [0, 0.05) is 13.5 Å². The SMILES string of the molecule is CC(=O)NC(C(=O)N1CCC[C@H]1C(N)=O)c1ccc(C#N)cc1. The molecule has 0 bridgehead atoms. The molecule has 2 atom stereocenters. The lowest BCUT2D eigenvalue weighted by atomic mass is 10.0. The van der Waals surface area contributed by atoms with Crippen molar-refractivity contribution in [2.45, 2.75) is 31.8 Å². The molecule has 1 aromatic rings. The Kier molecular flexibility index (Phi) is 4.96. The van der Waals surface area contributed by atoms with Gasteiger partial charge in [0.25, 0.3) is 0 Å². The Bertz CT molecular complexity index is 663. The Morgan fingerprint density at radius 2 is 2.00 bits per heavy atom. The van der Waals surface area contributed by atoms with Gasteiger partial charge in [-0.25, -0.2) is 0 Å². The van der Waals surface area contributed by atoms with Crippen molar-refractivity contribution >= 4 is 17.7 Å². The molecule has 1 aromatic carbocycles. The molecule has 0 radical (unpaired) electrons. The molecule has 2 rings (SSSR count). The molecule has 0 saturated carbocycles. The summed E-state index contributed by atoms with van der Waals surface area (Å²) in [6.07, 6.45) is 1.22. The summed E-state index contributed by atoms with van der Waals surface area (Å²) in [7, 11) is 0. The molecule has 1 saturated heterocycles. The number of benzene rings is 1. The van der Waals surface area contributed by atoms with Gasteiger partial charge in [-0.05, 0) is 30.5 Å². The molecule has 0 spiro atoms. The maximum atomic E-state index is 12.8. The summed E-state index contributed by atoms with van der Waals surface area (Å²) >= 11 is 0. The Balaban J connectivity index is 2.30. The van der Waals surface area contributed by atoms with Gasteiger partial charge in [-0.2, -0.15) is 5.26 Å². The van der Waals surface area contributed by atoms with Crippen molar-refractivity contribution < 1.29 is 14.4 Å². The normalized spacial score (nSPS) is 18.1. The first-order valence-electron chi connectivity index (χ1n) is 7.31. The van der Waals surface area contributed by atoms with Gasteiger partial charge in [0.05, 0.1) is 11.6 Å². The topological polar surface area (TPSA) is 116 Å². The lowest BCUT2D eigenvalue weighted by Crippen LogP contribution is -2.48. The number of nitrogens with zero attached hydrogens (tertiary/aromatic N) is 2. The van der Waals surface area contributed by atoms with Crippen LogP contribution in [0.1, 0.15) is 36.9 Å². The minimum atomic E-state index is -0.903. The van der Waals surface area contributed by atoms with E-state index in [1.165, 1.54) is 11.8 Å². The third-order valence-electron chi connectivity index (χ3n) is 3.83. The zero-order chi connectivity index (χ0) is 17.0. The maximum Gasteiger partial charge on any atom is 0.250 e. The van der Waals surface area contributed by atoms with Crippen LogP contribution >= 0.6 is 0 Å². The predicted molar refractivity (Wildman–Crippen MR) is 81.6 cm³/mol. The van der Waals surface area contributed by atoms with E-state index in [9.17, 15) is 14.4 Å². The van der Waals surface area contributed by atoms with E-state index in [2.05, 4.69) is 5.32 Å². The summed E-state index contributed by atoms with van der Waals surface area (Å²) in [5.41, 5.74) is 6.36. The molecule has 0 aliphatic carbocycles. The largest absolute Gasteiger partial charge is 0.368 e. The lowest BCUT2D eigenvalue weighted by Gasteiger charge is -2.27. The molecule has 120 valence electrons. The van der Waals surface area contributed by atoms with E-state index in [1.54, 1.807) is 24.3 Å². The van der Waals surface area contributed by atoms with Crippen molar-refractivity contribution in [1.29, 1.82) is 5.26 Å². The smallest absolute Gasteiger partial charge is 0.250 e. The summed E-state index contributed by atoms with van der Waals surface area (Å²) < 4.78 is 0. The van der Waals surface area contributed by atoms with Crippen molar-refractivity contribution in [3.8, 4) is 6.07 Å².